The Morgan fingerprint density at radius 3 is 2.94 bits per heavy atom. The standard InChI is InChI=1S/C12H21N3S/c1-10(11-15-6-7-16-11)8-14-9-12(13)4-2-3-5-12/h6-7,10,14H,2-5,8-9,13H2,1H3. The fourth-order valence-electron chi connectivity index (χ4n) is 2.36. The molecular weight excluding hydrogens is 218 g/mol. The van der Waals surface area contributed by atoms with Gasteiger partial charge in [0.2, 0.25) is 0 Å². The Kier molecular flexibility index (Phi) is 3.95. The van der Waals surface area contributed by atoms with Crippen LogP contribution in [0.25, 0.3) is 0 Å². The van der Waals surface area contributed by atoms with E-state index in [-0.39, 0.29) is 5.54 Å². The molecule has 1 aromatic heterocycles. The number of nitrogens with one attached hydrogen (secondary N) is 1. The van der Waals surface area contributed by atoms with Crippen molar-refractivity contribution in [1.82, 2.24) is 10.3 Å². The van der Waals surface area contributed by atoms with Crippen molar-refractivity contribution in [3.05, 3.63) is 16.6 Å². The minimum Gasteiger partial charge on any atom is -0.324 e. The fourth-order valence-corrected chi connectivity index (χ4v) is 3.06. The lowest BCUT2D eigenvalue weighted by atomic mass is 9.99. The molecule has 1 aromatic rings. The number of rotatable bonds is 5. The van der Waals surface area contributed by atoms with Gasteiger partial charge in [-0.1, -0.05) is 19.8 Å². The zero-order valence-electron chi connectivity index (χ0n) is 9.91. The molecule has 1 aliphatic carbocycles. The highest BCUT2D eigenvalue weighted by molar-refractivity contribution is 7.09. The van der Waals surface area contributed by atoms with Gasteiger partial charge in [0.15, 0.2) is 0 Å². The first kappa shape index (κ1) is 12.0. The molecule has 1 aliphatic rings. The lowest BCUT2D eigenvalue weighted by molar-refractivity contribution is 0.400. The first-order valence-corrected chi connectivity index (χ1v) is 6.97. The van der Waals surface area contributed by atoms with Crippen molar-refractivity contribution >= 4 is 11.3 Å². The van der Waals surface area contributed by atoms with Crippen LogP contribution in [0.3, 0.4) is 0 Å². The van der Waals surface area contributed by atoms with Crippen molar-refractivity contribution in [3.63, 3.8) is 0 Å². The van der Waals surface area contributed by atoms with Crippen LogP contribution in [0.4, 0.5) is 0 Å². The second kappa shape index (κ2) is 5.25. The average molecular weight is 239 g/mol. The van der Waals surface area contributed by atoms with E-state index in [2.05, 4.69) is 17.2 Å². The maximum absolute atomic E-state index is 6.29. The number of thiazole rings is 1. The molecule has 4 heteroatoms. The van der Waals surface area contributed by atoms with Crippen molar-refractivity contribution in [1.29, 1.82) is 0 Å². The molecule has 0 aromatic carbocycles. The van der Waals surface area contributed by atoms with Crippen molar-refractivity contribution in [2.45, 2.75) is 44.1 Å². The first-order valence-electron chi connectivity index (χ1n) is 6.09. The third-order valence-electron chi connectivity index (χ3n) is 3.40. The second-order valence-corrected chi connectivity index (χ2v) is 5.90. The van der Waals surface area contributed by atoms with Crippen LogP contribution in [0.1, 0.15) is 43.5 Å². The monoisotopic (exact) mass is 239 g/mol. The molecule has 90 valence electrons. The lowest BCUT2D eigenvalue weighted by Gasteiger charge is -2.24. The Balaban J connectivity index is 1.72. The molecule has 3 N–H and O–H groups in total. The van der Waals surface area contributed by atoms with Crippen LogP contribution < -0.4 is 11.1 Å². The highest BCUT2D eigenvalue weighted by Crippen LogP contribution is 2.26. The van der Waals surface area contributed by atoms with Crippen LogP contribution >= 0.6 is 11.3 Å². The highest BCUT2D eigenvalue weighted by Gasteiger charge is 2.28. The molecule has 3 nitrogen and oxygen atoms in total. The van der Waals surface area contributed by atoms with Gasteiger partial charge in [-0.15, -0.1) is 11.3 Å². The smallest absolute Gasteiger partial charge is 0.0965 e. The molecule has 1 heterocycles. The van der Waals surface area contributed by atoms with E-state index in [4.69, 9.17) is 5.73 Å². The fraction of sp³-hybridized carbons (Fsp3) is 0.750. The Morgan fingerprint density at radius 2 is 2.31 bits per heavy atom. The molecule has 0 amide bonds. The van der Waals surface area contributed by atoms with Gasteiger partial charge in [-0.3, -0.25) is 0 Å². The first-order chi connectivity index (χ1) is 7.70. The van der Waals surface area contributed by atoms with E-state index in [0.717, 1.165) is 13.1 Å². The van der Waals surface area contributed by atoms with Crippen LogP contribution in [0.5, 0.6) is 0 Å². The molecule has 0 saturated heterocycles. The van der Waals surface area contributed by atoms with Crippen molar-refractivity contribution in [2.75, 3.05) is 13.1 Å². The molecule has 1 fully saturated rings. The summed E-state index contributed by atoms with van der Waals surface area (Å²) in [4.78, 5) is 4.33. The molecule has 0 spiro atoms. The number of aromatic nitrogens is 1. The Bertz CT molecular complexity index is 304. The van der Waals surface area contributed by atoms with E-state index in [0.29, 0.717) is 5.92 Å². The summed E-state index contributed by atoms with van der Waals surface area (Å²) in [5.74, 6) is 0.491. The van der Waals surface area contributed by atoms with Gasteiger partial charge in [0.25, 0.3) is 0 Å². The van der Waals surface area contributed by atoms with Crippen LogP contribution in [0.2, 0.25) is 0 Å². The molecular formula is C12H21N3S. The summed E-state index contributed by atoms with van der Waals surface area (Å²) < 4.78 is 0. The summed E-state index contributed by atoms with van der Waals surface area (Å²) >= 11 is 1.73. The van der Waals surface area contributed by atoms with Crippen LogP contribution in [-0.4, -0.2) is 23.6 Å². The number of hydrogen-bond donors (Lipinski definition) is 2. The summed E-state index contributed by atoms with van der Waals surface area (Å²) in [5.41, 5.74) is 6.35. The van der Waals surface area contributed by atoms with Crippen LogP contribution in [0, 0.1) is 0 Å². The summed E-state index contributed by atoms with van der Waals surface area (Å²) in [5, 5.41) is 6.75. The summed E-state index contributed by atoms with van der Waals surface area (Å²) in [6, 6.07) is 0. The minimum atomic E-state index is 0.0581. The molecule has 0 radical (unpaired) electrons. The minimum absolute atomic E-state index is 0.0581. The topological polar surface area (TPSA) is 50.9 Å². The zero-order chi connectivity index (χ0) is 11.4. The van der Waals surface area contributed by atoms with Gasteiger partial charge in [0.05, 0.1) is 5.01 Å². The lowest BCUT2D eigenvalue weighted by Crippen LogP contribution is -2.47. The molecule has 1 atom stereocenters. The summed E-state index contributed by atoms with van der Waals surface area (Å²) in [6.07, 6.45) is 6.80. The summed E-state index contributed by atoms with van der Waals surface area (Å²) in [7, 11) is 0. The van der Waals surface area contributed by atoms with Crippen LogP contribution in [-0.2, 0) is 0 Å². The Morgan fingerprint density at radius 1 is 1.56 bits per heavy atom. The van der Waals surface area contributed by atoms with E-state index in [9.17, 15) is 0 Å². The van der Waals surface area contributed by atoms with E-state index in [1.165, 1.54) is 30.7 Å². The third kappa shape index (κ3) is 3.03. The van der Waals surface area contributed by atoms with Gasteiger partial charge in [-0.25, -0.2) is 4.98 Å². The van der Waals surface area contributed by atoms with Gasteiger partial charge in [0.1, 0.15) is 0 Å². The van der Waals surface area contributed by atoms with Gasteiger partial charge < -0.3 is 11.1 Å². The van der Waals surface area contributed by atoms with Crippen molar-refractivity contribution in [2.24, 2.45) is 5.73 Å². The molecule has 16 heavy (non-hydrogen) atoms. The number of nitrogens with zero attached hydrogens (tertiary/aromatic N) is 1. The van der Waals surface area contributed by atoms with E-state index >= 15 is 0 Å². The molecule has 0 aliphatic heterocycles. The van der Waals surface area contributed by atoms with E-state index in [1.54, 1.807) is 11.3 Å². The molecule has 2 rings (SSSR count). The molecule has 1 unspecified atom stereocenters. The average Bonchev–Trinajstić information content (AvgIpc) is 2.88. The van der Waals surface area contributed by atoms with Gasteiger partial charge in [-0.05, 0) is 12.8 Å². The van der Waals surface area contributed by atoms with Crippen molar-refractivity contribution in [3.8, 4) is 0 Å². The summed E-state index contributed by atoms with van der Waals surface area (Å²) in [6.45, 7) is 4.14. The second-order valence-electron chi connectivity index (χ2n) is 4.97. The van der Waals surface area contributed by atoms with Gasteiger partial charge in [-0.2, -0.15) is 0 Å². The molecule has 0 bridgehead atoms. The SMILES string of the molecule is CC(CNCC1(N)CCCC1)c1nccs1. The number of hydrogen-bond acceptors (Lipinski definition) is 4. The molecule has 1 saturated carbocycles. The zero-order valence-corrected chi connectivity index (χ0v) is 10.7. The van der Waals surface area contributed by atoms with E-state index in [1.807, 2.05) is 11.6 Å². The predicted octanol–water partition coefficient (Wildman–Crippen LogP) is 2.11. The number of nitrogens with two attached hydrogens (primary N) is 1. The maximum atomic E-state index is 6.29. The van der Waals surface area contributed by atoms with E-state index < -0.39 is 0 Å². The highest BCUT2D eigenvalue weighted by atomic mass is 32.1. The predicted molar refractivity (Wildman–Crippen MR) is 68.8 cm³/mol. The van der Waals surface area contributed by atoms with Crippen LogP contribution in [0.15, 0.2) is 11.6 Å². The largest absolute Gasteiger partial charge is 0.324 e. The third-order valence-corrected chi connectivity index (χ3v) is 4.41. The quantitative estimate of drug-likeness (QED) is 0.827. The van der Waals surface area contributed by atoms with Crippen molar-refractivity contribution < 1.29 is 0 Å². The van der Waals surface area contributed by atoms with Gasteiger partial charge in [0, 0.05) is 36.1 Å². The Labute approximate surface area is 101 Å². The van der Waals surface area contributed by atoms with Gasteiger partial charge >= 0.3 is 0 Å². The normalized spacial score (nSPS) is 21.1. The Hall–Kier alpha value is -0.450. The maximum Gasteiger partial charge on any atom is 0.0965 e.